The van der Waals surface area contributed by atoms with Crippen molar-refractivity contribution in [2.45, 2.75) is 52.0 Å². The summed E-state index contributed by atoms with van der Waals surface area (Å²) in [7, 11) is 0. The van der Waals surface area contributed by atoms with Crippen molar-refractivity contribution in [2.75, 3.05) is 13.1 Å². The number of hydrogen-bond donors (Lipinski definition) is 0. The maximum atomic E-state index is 6.23. The minimum Gasteiger partial charge on any atom is -0.371 e. The first-order valence-corrected chi connectivity index (χ1v) is 11.2. The van der Waals surface area contributed by atoms with E-state index < -0.39 is 0 Å². The molecule has 0 amide bonds. The molecule has 0 aliphatic carbocycles. The molecule has 8 nitrogen and oxygen atoms in total. The van der Waals surface area contributed by atoms with Crippen molar-refractivity contribution in [3.63, 3.8) is 0 Å². The van der Waals surface area contributed by atoms with E-state index in [4.69, 9.17) is 16.1 Å². The van der Waals surface area contributed by atoms with Crippen LogP contribution in [-0.2, 0) is 6.54 Å². The van der Waals surface area contributed by atoms with E-state index in [0.29, 0.717) is 17.4 Å². The Bertz CT molecular complexity index is 1120. The molecule has 0 saturated carbocycles. The zero-order valence-corrected chi connectivity index (χ0v) is 19.5. The Morgan fingerprint density at radius 3 is 2.94 bits per heavy atom. The van der Waals surface area contributed by atoms with Gasteiger partial charge in [-0.2, -0.15) is 9.78 Å². The quantitative estimate of drug-likeness (QED) is 0.483. The molecule has 1 aliphatic heterocycles. The Hall–Kier alpha value is -3.00. The molecule has 2 aromatic heterocycles. The van der Waals surface area contributed by atoms with Crippen LogP contribution in [0.1, 0.15) is 67.2 Å². The van der Waals surface area contributed by atoms with Gasteiger partial charge in [0.15, 0.2) is 11.6 Å². The van der Waals surface area contributed by atoms with Crippen LogP contribution >= 0.6 is 11.6 Å². The zero-order chi connectivity index (χ0) is 22.7. The fourth-order valence-electron chi connectivity index (χ4n) is 3.80. The molecule has 168 valence electrons. The molecule has 1 saturated heterocycles. The molecule has 0 radical (unpaired) electrons. The van der Waals surface area contributed by atoms with E-state index in [1.54, 1.807) is 4.80 Å². The summed E-state index contributed by atoms with van der Waals surface area (Å²) in [5.41, 5.74) is 3.01. The molecule has 9 heteroatoms. The molecule has 4 rings (SSSR count). The highest BCUT2D eigenvalue weighted by atomic mass is 35.5. The number of rotatable bonds is 7. The third-order valence-corrected chi connectivity index (χ3v) is 5.81. The van der Waals surface area contributed by atoms with E-state index in [0.717, 1.165) is 54.5 Å². The lowest BCUT2D eigenvalue weighted by molar-refractivity contribution is 0.231. The van der Waals surface area contributed by atoms with Gasteiger partial charge in [-0.25, -0.2) is 0 Å². The number of piperidine rings is 1. The molecule has 32 heavy (non-hydrogen) atoms. The van der Waals surface area contributed by atoms with Crippen molar-refractivity contribution in [1.82, 2.24) is 35.2 Å². The summed E-state index contributed by atoms with van der Waals surface area (Å²) in [6, 6.07) is 5.81. The summed E-state index contributed by atoms with van der Waals surface area (Å²) in [4.78, 5) is 8.45. The van der Waals surface area contributed by atoms with Crippen LogP contribution in [-0.4, -0.2) is 48.3 Å². The zero-order valence-electron chi connectivity index (χ0n) is 18.7. The average molecular weight is 454 g/mol. The number of benzene rings is 1. The van der Waals surface area contributed by atoms with Gasteiger partial charge in [0, 0.05) is 29.7 Å². The fraction of sp³-hybridized carbons (Fsp3) is 0.435. The smallest absolute Gasteiger partial charge is 0.231 e. The van der Waals surface area contributed by atoms with Gasteiger partial charge in [0.25, 0.3) is 0 Å². The number of aromatic nitrogens is 6. The predicted molar refractivity (Wildman–Crippen MR) is 123 cm³/mol. The molecular formula is C23H28ClN7O. The summed E-state index contributed by atoms with van der Waals surface area (Å²) in [6.45, 7) is 12.5. The van der Waals surface area contributed by atoms with Crippen molar-refractivity contribution < 1.29 is 4.52 Å². The molecule has 0 bridgehead atoms. The van der Waals surface area contributed by atoms with Gasteiger partial charge in [0.05, 0.1) is 12.5 Å². The third-order valence-electron chi connectivity index (χ3n) is 5.58. The van der Waals surface area contributed by atoms with Gasteiger partial charge in [-0.3, -0.25) is 0 Å². The second kappa shape index (κ2) is 9.65. The van der Waals surface area contributed by atoms with Gasteiger partial charge in [-0.1, -0.05) is 49.3 Å². The minimum absolute atomic E-state index is 0.224. The normalized spacial score (nSPS) is 16.9. The van der Waals surface area contributed by atoms with Crippen molar-refractivity contribution in [1.29, 1.82) is 0 Å². The van der Waals surface area contributed by atoms with Crippen molar-refractivity contribution in [2.24, 2.45) is 0 Å². The number of aryl methyl sites for hydroxylation is 1. The van der Waals surface area contributed by atoms with Gasteiger partial charge < -0.3 is 9.42 Å². The van der Waals surface area contributed by atoms with E-state index in [2.05, 4.69) is 57.0 Å². The van der Waals surface area contributed by atoms with Crippen LogP contribution in [0.2, 0.25) is 5.02 Å². The van der Waals surface area contributed by atoms with Crippen LogP contribution in [0.5, 0.6) is 0 Å². The maximum Gasteiger partial charge on any atom is 0.231 e. The number of allylic oxidation sites excluding steroid dienone is 1. The highest BCUT2D eigenvalue weighted by Crippen LogP contribution is 2.29. The number of halogens is 1. The van der Waals surface area contributed by atoms with Crippen LogP contribution in [0.15, 0.2) is 41.1 Å². The van der Waals surface area contributed by atoms with Gasteiger partial charge in [0.1, 0.15) is 0 Å². The number of nitrogens with zero attached hydrogens (tertiary/aromatic N) is 7. The first-order valence-electron chi connectivity index (χ1n) is 10.9. The number of tetrazole rings is 1. The summed E-state index contributed by atoms with van der Waals surface area (Å²) in [5.74, 6) is 2.62. The number of hydrogen-bond acceptors (Lipinski definition) is 7. The van der Waals surface area contributed by atoms with Gasteiger partial charge >= 0.3 is 0 Å². The third kappa shape index (κ3) is 5.24. The highest BCUT2D eigenvalue weighted by molar-refractivity contribution is 6.30. The van der Waals surface area contributed by atoms with Crippen LogP contribution in [0.4, 0.5) is 0 Å². The Morgan fingerprint density at radius 1 is 1.38 bits per heavy atom. The van der Waals surface area contributed by atoms with Crippen LogP contribution in [0.3, 0.4) is 0 Å². The van der Waals surface area contributed by atoms with Crippen molar-refractivity contribution in [3.8, 4) is 0 Å². The summed E-state index contributed by atoms with van der Waals surface area (Å²) in [6.07, 6.45) is 6.20. The highest BCUT2D eigenvalue weighted by Gasteiger charge is 2.26. The molecular weight excluding hydrogens is 426 g/mol. The monoisotopic (exact) mass is 453 g/mol. The Morgan fingerprint density at radius 2 is 2.22 bits per heavy atom. The number of likely N-dealkylation sites (tertiary alicyclic amines) is 1. The predicted octanol–water partition coefficient (Wildman–Crippen LogP) is 4.60. The second-order valence-corrected chi connectivity index (χ2v) is 8.90. The van der Waals surface area contributed by atoms with Gasteiger partial charge in [0.2, 0.25) is 5.89 Å². The molecule has 1 atom stereocenters. The molecule has 1 aromatic carbocycles. The van der Waals surface area contributed by atoms with E-state index >= 15 is 0 Å². The van der Waals surface area contributed by atoms with Gasteiger partial charge in [-0.05, 0) is 54.3 Å². The largest absolute Gasteiger partial charge is 0.371 e. The Kier molecular flexibility index (Phi) is 6.69. The summed E-state index contributed by atoms with van der Waals surface area (Å²) < 4.78 is 5.54. The average Bonchev–Trinajstić information content (AvgIpc) is 3.42. The summed E-state index contributed by atoms with van der Waals surface area (Å²) >= 11 is 6.23. The van der Waals surface area contributed by atoms with Crippen LogP contribution in [0.25, 0.3) is 6.08 Å². The second-order valence-electron chi connectivity index (χ2n) is 8.47. The van der Waals surface area contributed by atoms with E-state index in [9.17, 15) is 0 Å². The molecule has 0 N–H and O–H groups in total. The maximum absolute atomic E-state index is 6.23. The molecule has 3 heterocycles. The SMILES string of the molecule is C=C(/C=C/c1ccc(Cl)cc1Cn1nnc(C)n1)N1CCCC(c2nc(C(C)C)no2)C1. The van der Waals surface area contributed by atoms with Crippen LogP contribution in [0, 0.1) is 6.92 Å². The lowest BCUT2D eigenvalue weighted by atomic mass is 9.97. The minimum atomic E-state index is 0.224. The lowest BCUT2D eigenvalue weighted by Gasteiger charge is -2.33. The Balaban J connectivity index is 1.45. The summed E-state index contributed by atoms with van der Waals surface area (Å²) in [5, 5.41) is 17.1. The molecule has 1 aliphatic rings. The standard InChI is InChI=1S/C23H28ClN7O/c1-15(2)22-25-23(32-28-22)19-6-5-11-30(13-19)16(3)7-8-18-9-10-21(24)12-20(18)14-31-27-17(4)26-29-31/h7-10,12,15,19H,3,5-6,11,13-14H2,1-2,4H3/b8-7+. The first kappa shape index (κ1) is 22.2. The topological polar surface area (TPSA) is 85.8 Å². The molecule has 0 spiro atoms. The lowest BCUT2D eigenvalue weighted by Crippen LogP contribution is -2.33. The molecule has 1 unspecified atom stereocenters. The van der Waals surface area contributed by atoms with E-state index in [-0.39, 0.29) is 11.8 Å². The van der Waals surface area contributed by atoms with Crippen molar-refractivity contribution in [3.05, 3.63) is 70.2 Å². The molecule has 1 fully saturated rings. The first-order chi connectivity index (χ1) is 15.4. The molecule has 3 aromatic rings. The van der Waals surface area contributed by atoms with Gasteiger partial charge in [-0.15, -0.1) is 10.2 Å². The fourth-order valence-corrected chi connectivity index (χ4v) is 3.99. The van der Waals surface area contributed by atoms with E-state index in [1.165, 1.54) is 0 Å². The Labute approximate surface area is 193 Å². The van der Waals surface area contributed by atoms with Crippen LogP contribution < -0.4 is 0 Å². The van der Waals surface area contributed by atoms with Crippen molar-refractivity contribution >= 4 is 17.7 Å². The van der Waals surface area contributed by atoms with E-state index in [1.807, 2.05) is 31.2 Å².